The number of hydrogen-bond acceptors (Lipinski definition) is 1. The van der Waals surface area contributed by atoms with Gasteiger partial charge in [-0.1, -0.05) is 38.1 Å². The second-order valence-electron chi connectivity index (χ2n) is 4.58. The van der Waals surface area contributed by atoms with Crippen LogP contribution in [0.3, 0.4) is 0 Å². The Hall–Kier alpha value is -0.740. The Morgan fingerprint density at radius 1 is 1.06 bits per heavy atom. The summed E-state index contributed by atoms with van der Waals surface area (Å²) in [5.74, 6) is 0.412. The highest BCUT2D eigenvalue weighted by molar-refractivity contribution is 5.85. The lowest BCUT2D eigenvalue weighted by Gasteiger charge is -2.14. The van der Waals surface area contributed by atoms with Crippen LogP contribution < -0.4 is 5.73 Å². The Labute approximate surface area is 112 Å². The molecule has 0 radical (unpaired) electrons. The SMILES string of the molecule is CC(C)c1ccc([C@H](N)CCC(F)(F)F)cc1.Cl. The summed E-state index contributed by atoms with van der Waals surface area (Å²) in [5.41, 5.74) is 7.65. The summed E-state index contributed by atoms with van der Waals surface area (Å²) >= 11 is 0. The molecular formula is C13H19ClF3N. The molecule has 0 aromatic heterocycles. The normalized spacial score (nSPS) is 13.3. The molecule has 0 spiro atoms. The molecule has 0 fully saturated rings. The third-order valence-corrected chi connectivity index (χ3v) is 2.77. The number of alkyl halides is 3. The molecule has 1 atom stereocenters. The standard InChI is InChI=1S/C13H18F3N.ClH/c1-9(2)10-3-5-11(6-4-10)12(17)7-8-13(14,15)16;/h3-6,9,12H,7-8,17H2,1-2H3;1H/t12-;/m1./s1. The van der Waals surface area contributed by atoms with Crippen molar-refractivity contribution >= 4 is 12.4 Å². The molecule has 0 heterocycles. The van der Waals surface area contributed by atoms with Crippen LogP contribution in [0.4, 0.5) is 13.2 Å². The number of halogens is 4. The third kappa shape index (κ3) is 5.74. The summed E-state index contributed by atoms with van der Waals surface area (Å²) in [6.07, 6.45) is -5.03. The summed E-state index contributed by atoms with van der Waals surface area (Å²) in [5, 5.41) is 0. The lowest BCUT2D eigenvalue weighted by molar-refractivity contribution is -0.136. The number of rotatable bonds is 4. The number of benzene rings is 1. The van der Waals surface area contributed by atoms with Gasteiger partial charge in [-0.05, 0) is 23.5 Å². The zero-order chi connectivity index (χ0) is 13.1. The highest BCUT2D eigenvalue weighted by Crippen LogP contribution is 2.27. The Balaban J connectivity index is 0.00000289. The maximum atomic E-state index is 12.0. The van der Waals surface area contributed by atoms with Crippen molar-refractivity contribution < 1.29 is 13.2 Å². The van der Waals surface area contributed by atoms with Crippen molar-refractivity contribution in [3.05, 3.63) is 35.4 Å². The van der Waals surface area contributed by atoms with E-state index < -0.39 is 18.6 Å². The van der Waals surface area contributed by atoms with Crippen LogP contribution in [0.25, 0.3) is 0 Å². The Bertz CT molecular complexity index is 346. The number of nitrogens with two attached hydrogens (primary N) is 1. The lowest BCUT2D eigenvalue weighted by atomic mass is 9.97. The van der Waals surface area contributed by atoms with Crippen LogP contribution in [-0.2, 0) is 0 Å². The first-order chi connectivity index (χ1) is 7.79. The average molecular weight is 282 g/mol. The molecule has 104 valence electrons. The minimum Gasteiger partial charge on any atom is -0.324 e. The quantitative estimate of drug-likeness (QED) is 0.859. The highest BCUT2D eigenvalue weighted by atomic mass is 35.5. The predicted octanol–water partition coefficient (Wildman–Crippen LogP) is 4.57. The van der Waals surface area contributed by atoms with E-state index in [4.69, 9.17) is 5.73 Å². The molecule has 0 saturated heterocycles. The van der Waals surface area contributed by atoms with E-state index in [1.54, 1.807) is 0 Å². The fourth-order valence-corrected chi connectivity index (χ4v) is 1.61. The molecule has 0 bridgehead atoms. The molecule has 1 rings (SSSR count). The minimum atomic E-state index is -4.13. The zero-order valence-corrected chi connectivity index (χ0v) is 11.3. The van der Waals surface area contributed by atoms with Crippen molar-refractivity contribution in [1.29, 1.82) is 0 Å². The van der Waals surface area contributed by atoms with Gasteiger partial charge in [-0.2, -0.15) is 13.2 Å². The average Bonchev–Trinajstić information content (AvgIpc) is 2.25. The van der Waals surface area contributed by atoms with Crippen molar-refractivity contribution in [2.45, 2.75) is 44.8 Å². The summed E-state index contributed by atoms with van der Waals surface area (Å²) in [7, 11) is 0. The first-order valence-electron chi connectivity index (χ1n) is 5.72. The molecule has 18 heavy (non-hydrogen) atoms. The van der Waals surface area contributed by atoms with Crippen molar-refractivity contribution in [1.82, 2.24) is 0 Å². The van der Waals surface area contributed by atoms with Gasteiger partial charge in [-0.25, -0.2) is 0 Å². The Morgan fingerprint density at radius 2 is 1.50 bits per heavy atom. The second kappa shape index (κ2) is 7.00. The molecule has 1 aromatic rings. The minimum absolute atomic E-state index is 0. The van der Waals surface area contributed by atoms with Gasteiger partial charge < -0.3 is 5.73 Å². The molecule has 1 nitrogen and oxygen atoms in total. The van der Waals surface area contributed by atoms with Crippen molar-refractivity contribution in [3.63, 3.8) is 0 Å². The summed E-state index contributed by atoms with van der Waals surface area (Å²) in [6.45, 7) is 4.14. The highest BCUT2D eigenvalue weighted by Gasteiger charge is 2.27. The van der Waals surface area contributed by atoms with Gasteiger partial charge in [-0.3, -0.25) is 0 Å². The van der Waals surface area contributed by atoms with Gasteiger partial charge in [0, 0.05) is 12.5 Å². The first-order valence-corrected chi connectivity index (χ1v) is 5.72. The van der Waals surface area contributed by atoms with Gasteiger partial charge in [0.1, 0.15) is 0 Å². The van der Waals surface area contributed by atoms with Gasteiger partial charge in [-0.15, -0.1) is 12.4 Å². The molecule has 2 N–H and O–H groups in total. The van der Waals surface area contributed by atoms with E-state index in [0.29, 0.717) is 5.92 Å². The molecular weight excluding hydrogens is 263 g/mol. The van der Waals surface area contributed by atoms with Gasteiger partial charge in [0.05, 0.1) is 0 Å². The summed E-state index contributed by atoms with van der Waals surface area (Å²) in [6, 6.07) is 6.94. The third-order valence-electron chi connectivity index (χ3n) is 2.77. The maximum absolute atomic E-state index is 12.0. The molecule has 0 amide bonds. The molecule has 0 aliphatic carbocycles. The van der Waals surface area contributed by atoms with Crippen LogP contribution in [-0.4, -0.2) is 6.18 Å². The van der Waals surface area contributed by atoms with E-state index in [-0.39, 0.29) is 18.8 Å². The molecule has 0 saturated carbocycles. The molecule has 0 unspecified atom stereocenters. The fraction of sp³-hybridized carbons (Fsp3) is 0.538. The molecule has 5 heteroatoms. The Kier molecular flexibility index (Phi) is 6.71. The smallest absolute Gasteiger partial charge is 0.324 e. The van der Waals surface area contributed by atoms with Gasteiger partial charge >= 0.3 is 6.18 Å². The zero-order valence-electron chi connectivity index (χ0n) is 10.5. The summed E-state index contributed by atoms with van der Waals surface area (Å²) in [4.78, 5) is 0. The molecule has 0 aliphatic rings. The van der Waals surface area contributed by atoms with Gasteiger partial charge in [0.2, 0.25) is 0 Å². The first kappa shape index (κ1) is 17.3. The van der Waals surface area contributed by atoms with Crippen LogP contribution in [0.15, 0.2) is 24.3 Å². The topological polar surface area (TPSA) is 26.0 Å². The van der Waals surface area contributed by atoms with Crippen LogP contribution in [0.1, 0.15) is 49.8 Å². The van der Waals surface area contributed by atoms with Crippen LogP contribution in [0.5, 0.6) is 0 Å². The molecule has 0 aliphatic heterocycles. The van der Waals surface area contributed by atoms with Crippen LogP contribution in [0.2, 0.25) is 0 Å². The van der Waals surface area contributed by atoms with E-state index in [1.807, 2.05) is 24.3 Å². The monoisotopic (exact) mass is 281 g/mol. The predicted molar refractivity (Wildman–Crippen MR) is 70.0 cm³/mol. The van der Waals surface area contributed by atoms with Gasteiger partial charge in [0.15, 0.2) is 0 Å². The van der Waals surface area contributed by atoms with E-state index in [0.717, 1.165) is 11.1 Å². The van der Waals surface area contributed by atoms with Crippen LogP contribution >= 0.6 is 12.4 Å². The fourth-order valence-electron chi connectivity index (χ4n) is 1.61. The van der Waals surface area contributed by atoms with E-state index in [2.05, 4.69) is 13.8 Å². The molecule has 1 aromatic carbocycles. The number of hydrogen-bond donors (Lipinski definition) is 1. The largest absolute Gasteiger partial charge is 0.389 e. The van der Waals surface area contributed by atoms with E-state index >= 15 is 0 Å². The Morgan fingerprint density at radius 3 is 1.89 bits per heavy atom. The summed E-state index contributed by atoms with van der Waals surface area (Å²) < 4.78 is 36.1. The second-order valence-corrected chi connectivity index (χ2v) is 4.58. The maximum Gasteiger partial charge on any atom is 0.389 e. The van der Waals surface area contributed by atoms with E-state index in [9.17, 15) is 13.2 Å². The van der Waals surface area contributed by atoms with Crippen molar-refractivity contribution in [2.75, 3.05) is 0 Å². The lowest BCUT2D eigenvalue weighted by Crippen LogP contribution is -2.15. The van der Waals surface area contributed by atoms with E-state index in [1.165, 1.54) is 0 Å². The van der Waals surface area contributed by atoms with Crippen molar-refractivity contribution in [3.8, 4) is 0 Å². The van der Waals surface area contributed by atoms with Crippen LogP contribution in [0, 0.1) is 0 Å². The van der Waals surface area contributed by atoms with Crippen molar-refractivity contribution in [2.24, 2.45) is 5.73 Å². The van der Waals surface area contributed by atoms with Gasteiger partial charge in [0.25, 0.3) is 0 Å².